The predicted molar refractivity (Wildman–Crippen MR) is 103 cm³/mol. The zero-order chi connectivity index (χ0) is 19.9. The molecule has 0 radical (unpaired) electrons. The second kappa shape index (κ2) is 9.34. The summed E-state index contributed by atoms with van der Waals surface area (Å²) in [5.41, 5.74) is 1.47. The van der Waals surface area contributed by atoms with Gasteiger partial charge in [0, 0.05) is 27.3 Å². The van der Waals surface area contributed by atoms with E-state index in [1.165, 1.54) is 11.2 Å². The number of furan rings is 1. The molecule has 0 unspecified atom stereocenters. The van der Waals surface area contributed by atoms with Gasteiger partial charge in [-0.1, -0.05) is 30.3 Å². The third-order valence-corrected chi connectivity index (χ3v) is 4.55. The molecular weight excluding hydrogens is 360 g/mol. The Hall–Kier alpha value is -2.90. The molecule has 0 atom stereocenters. The number of ether oxygens (including phenoxy) is 2. The monoisotopic (exact) mass is 384 g/mol. The standard InChI is InChI=1S/C21H24N2O5/c1-26-13-10-22(11-14-27-2)19-18(16-7-4-3-5-8-16)20(24)23(21(19)25)15-17-9-6-12-28-17/h3-9,12H,10-11,13-15H2,1-2H3. The van der Waals surface area contributed by atoms with E-state index >= 15 is 0 Å². The number of benzene rings is 1. The van der Waals surface area contributed by atoms with Crippen molar-refractivity contribution in [2.45, 2.75) is 6.54 Å². The van der Waals surface area contributed by atoms with Crippen LogP contribution in [0.1, 0.15) is 11.3 Å². The van der Waals surface area contributed by atoms with Crippen LogP contribution in [0.15, 0.2) is 58.8 Å². The van der Waals surface area contributed by atoms with Crippen molar-refractivity contribution in [3.8, 4) is 0 Å². The Morgan fingerprint density at radius 1 is 0.929 bits per heavy atom. The molecule has 2 heterocycles. The van der Waals surface area contributed by atoms with Crippen molar-refractivity contribution < 1.29 is 23.5 Å². The molecule has 1 aliphatic heterocycles. The van der Waals surface area contributed by atoms with Gasteiger partial charge in [-0.3, -0.25) is 14.5 Å². The third kappa shape index (κ3) is 4.16. The molecule has 0 saturated heterocycles. The first-order valence-electron chi connectivity index (χ1n) is 9.08. The summed E-state index contributed by atoms with van der Waals surface area (Å²) in [6, 6.07) is 12.7. The van der Waals surface area contributed by atoms with E-state index in [0.717, 1.165) is 0 Å². The minimum absolute atomic E-state index is 0.0902. The average Bonchev–Trinajstić information content (AvgIpc) is 3.31. The minimum atomic E-state index is -0.340. The van der Waals surface area contributed by atoms with E-state index < -0.39 is 0 Å². The van der Waals surface area contributed by atoms with Crippen LogP contribution in [0.3, 0.4) is 0 Å². The molecule has 1 aliphatic rings. The number of imide groups is 1. The van der Waals surface area contributed by atoms with Gasteiger partial charge in [0.25, 0.3) is 11.8 Å². The summed E-state index contributed by atoms with van der Waals surface area (Å²) < 4.78 is 15.7. The lowest BCUT2D eigenvalue weighted by molar-refractivity contribution is -0.138. The molecule has 7 heteroatoms. The van der Waals surface area contributed by atoms with Gasteiger partial charge in [-0.15, -0.1) is 0 Å². The molecule has 7 nitrogen and oxygen atoms in total. The molecule has 2 aromatic rings. The number of amides is 2. The van der Waals surface area contributed by atoms with E-state index in [9.17, 15) is 9.59 Å². The maximum atomic E-state index is 13.3. The van der Waals surface area contributed by atoms with Gasteiger partial charge in [0.05, 0.1) is 31.6 Å². The summed E-state index contributed by atoms with van der Waals surface area (Å²) in [5, 5.41) is 0. The van der Waals surface area contributed by atoms with Crippen LogP contribution in [0.25, 0.3) is 5.57 Å². The van der Waals surface area contributed by atoms with Crippen molar-refractivity contribution in [3.63, 3.8) is 0 Å². The largest absolute Gasteiger partial charge is 0.467 e. The van der Waals surface area contributed by atoms with Crippen LogP contribution in [-0.2, 0) is 25.6 Å². The fourth-order valence-electron chi connectivity index (χ4n) is 3.16. The van der Waals surface area contributed by atoms with E-state index in [1.807, 2.05) is 35.2 Å². The second-order valence-corrected chi connectivity index (χ2v) is 6.34. The zero-order valence-corrected chi connectivity index (χ0v) is 16.1. The molecule has 0 N–H and O–H groups in total. The molecule has 148 valence electrons. The Bertz CT molecular complexity index is 822. The highest BCUT2D eigenvalue weighted by Gasteiger charge is 2.41. The maximum absolute atomic E-state index is 13.3. The van der Waals surface area contributed by atoms with Crippen LogP contribution in [0.2, 0.25) is 0 Å². The van der Waals surface area contributed by atoms with Gasteiger partial charge in [-0.2, -0.15) is 0 Å². The molecule has 0 bridgehead atoms. The lowest BCUT2D eigenvalue weighted by Crippen LogP contribution is -2.37. The van der Waals surface area contributed by atoms with Crippen molar-refractivity contribution in [2.75, 3.05) is 40.5 Å². The molecule has 1 aromatic carbocycles. The highest BCUT2D eigenvalue weighted by atomic mass is 16.5. The fourth-order valence-corrected chi connectivity index (χ4v) is 3.16. The van der Waals surface area contributed by atoms with E-state index in [-0.39, 0.29) is 18.4 Å². The van der Waals surface area contributed by atoms with Gasteiger partial charge >= 0.3 is 0 Å². The van der Waals surface area contributed by atoms with Gasteiger partial charge < -0.3 is 18.8 Å². The highest BCUT2D eigenvalue weighted by Crippen LogP contribution is 2.32. The number of hydrogen-bond acceptors (Lipinski definition) is 6. The van der Waals surface area contributed by atoms with Crippen LogP contribution in [0.5, 0.6) is 0 Å². The number of methoxy groups -OCH3 is 2. The molecule has 0 spiro atoms. The number of hydrogen-bond donors (Lipinski definition) is 0. The zero-order valence-electron chi connectivity index (χ0n) is 16.1. The summed E-state index contributed by atoms with van der Waals surface area (Å²) in [6.45, 7) is 1.88. The molecule has 1 aromatic heterocycles. The molecule has 2 amide bonds. The summed E-state index contributed by atoms with van der Waals surface area (Å²) in [6.07, 6.45) is 1.52. The van der Waals surface area contributed by atoms with Crippen molar-refractivity contribution in [3.05, 3.63) is 65.7 Å². The smallest absolute Gasteiger partial charge is 0.278 e. The number of rotatable bonds is 10. The molecule has 3 rings (SSSR count). The first-order chi connectivity index (χ1) is 13.7. The molecule has 0 aliphatic carbocycles. The lowest BCUT2D eigenvalue weighted by Gasteiger charge is -2.25. The molecular formula is C21H24N2O5. The Morgan fingerprint density at radius 2 is 1.61 bits per heavy atom. The topological polar surface area (TPSA) is 72.2 Å². The van der Waals surface area contributed by atoms with Crippen LogP contribution < -0.4 is 0 Å². The maximum Gasteiger partial charge on any atom is 0.278 e. The predicted octanol–water partition coefficient (Wildman–Crippen LogP) is 2.15. The molecule has 0 fully saturated rings. The second-order valence-electron chi connectivity index (χ2n) is 6.34. The van der Waals surface area contributed by atoms with Crippen molar-refractivity contribution in [2.24, 2.45) is 0 Å². The SMILES string of the molecule is COCCN(CCOC)C1=C(c2ccccc2)C(=O)N(Cc2ccco2)C1=O. The summed E-state index contributed by atoms with van der Waals surface area (Å²) >= 11 is 0. The van der Waals surface area contributed by atoms with Gasteiger partial charge in [0.15, 0.2) is 0 Å². The van der Waals surface area contributed by atoms with E-state index in [1.54, 1.807) is 26.4 Å². The third-order valence-electron chi connectivity index (χ3n) is 4.55. The number of nitrogens with zero attached hydrogens (tertiary/aromatic N) is 2. The van der Waals surface area contributed by atoms with Crippen LogP contribution >= 0.6 is 0 Å². The Balaban J connectivity index is 2.01. The minimum Gasteiger partial charge on any atom is -0.467 e. The number of carbonyl (C=O) groups excluding carboxylic acids is 2. The quantitative estimate of drug-likeness (QED) is 0.585. The molecule has 0 saturated carbocycles. The molecule has 28 heavy (non-hydrogen) atoms. The van der Waals surface area contributed by atoms with Gasteiger partial charge in [0.1, 0.15) is 11.5 Å². The summed E-state index contributed by atoms with van der Waals surface area (Å²) in [7, 11) is 3.21. The van der Waals surface area contributed by atoms with Gasteiger partial charge in [-0.05, 0) is 17.7 Å². The van der Waals surface area contributed by atoms with Crippen molar-refractivity contribution >= 4 is 17.4 Å². The summed E-state index contributed by atoms with van der Waals surface area (Å²) in [5.74, 6) is -0.120. The average molecular weight is 384 g/mol. The van der Waals surface area contributed by atoms with Crippen molar-refractivity contribution in [1.29, 1.82) is 0 Å². The first kappa shape index (κ1) is 19.9. The van der Waals surface area contributed by atoms with E-state index in [4.69, 9.17) is 13.9 Å². The lowest BCUT2D eigenvalue weighted by atomic mass is 10.0. The Labute approximate surface area is 164 Å². The Morgan fingerprint density at radius 3 is 2.18 bits per heavy atom. The highest BCUT2D eigenvalue weighted by molar-refractivity contribution is 6.35. The van der Waals surface area contributed by atoms with E-state index in [0.29, 0.717) is 48.9 Å². The first-order valence-corrected chi connectivity index (χ1v) is 9.08. The van der Waals surface area contributed by atoms with E-state index in [2.05, 4.69) is 0 Å². The number of carbonyl (C=O) groups is 2. The van der Waals surface area contributed by atoms with Crippen LogP contribution in [0.4, 0.5) is 0 Å². The van der Waals surface area contributed by atoms with Gasteiger partial charge in [0.2, 0.25) is 0 Å². The van der Waals surface area contributed by atoms with Crippen LogP contribution in [-0.4, -0.2) is 62.1 Å². The van der Waals surface area contributed by atoms with Crippen LogP contribution in [0, 0.1) is 0 Å². The fraction of sp³-hybridized carbons (Fsp3) is 0.333. The normalized spacial score (nSPS) is 14.3. The van der Waals surface area contributed by atoms with Gasteiger partial charge in [-0.25, -0.2) is 0 Å². The summed E-state index contributed by atoms with van der Waals surface area (Å²) in [4.78, 5) is 29.6. The Kier molecular flexibility index (Phi) is 6.62. The van der Waals surface area contributed by atoms with Crippen molar-refractivity contribution in [1.82, 2.24) is 9.80 Å².